The van der Waals surface area contributed by atoms with Crippen LogP contribution in [0.15, 0.2) is 52.1 Å². The fourth-order valence-electron chi connectivity index (χ4n) is 5.99. The molecule has 5 aliphatic rings. The average molecular weight is 453 g/mol. The number of likely N-dealkylation sites (tertiary alicyclic amines) is 1. The van der Waals surface area contributed by atoms with Crippen LogP contribution in [0, 0.1) is 5.92 Å². The van der Waals surface area contributed by atoms with Gasteiger partial charge in [0, 0.05) is 53.0 Å². The Balaban J connectivity index is 1.33. The molecule has 3 aliphatic heterocycles. The summed E-state index contributed by atoms with van der Waals surface area (Å²) in [6, 6.07) is 0. The summed E-state index contributed by atoms with van der Waals surface area (Å²) < 4.78 is 11.2. The first kappa shape index (κ1) is 22.3. The highest BCUT2D eigenvalue weighted by atomic mass is 16.5. The van der Waals surface area contributed by atoms with E-state index in [1.165, 1.54) is 17.1 Å². The number of rotatable bonds is 4. The van der Waals surface area contributed by atoms with Crippen LogP contribution in [0.5, 0.6) is 0 Å². The Hall–Kier alpha value is -2.54. The molecule has 2 aliphatic carbocycles. The van der Waals surface area contributed by atoms with Crippen molar-refractivity contribution in [3.05, 3.63) is 47.2 Å². The van der Waals surface area contributed by atoms with Crippen LogP contribution in [0.4, 0.5) is 0 Å². The van der Waals surface area contributed by atoms with Gasteiger partial charge in [0.25, 0.3) is 0 Å². The lowest BCUT2D eigenvalue weighted by Gasteiger charge is -2.48. The predicted molar refractivity (Wildman–Crippen MR) is 128 cm³/mol. The SMILES string of the molecule is COC1=CCC(C(=O)N2CCC3(CC2)N=C2CC(OC)CC=C2N2CCC=C23)C=C1N(C)C. The number of carbonyl (C=O) groups excluding carboxylic acids is 1. The quantitative estimate of drug-likeness (QED) is 0.656. The summed E-state index contributed by atoms with van der Waals surface area (Å²) in [6.07, 6.45) is 14.4. The van der Waals surface area contributed by atoms with E-state index in [4.69, 9.17) is 14.5 Å². The molecule has 33 heavy (non-hydrogen) atoms. The van der Waals surface area contributed by atoms with Crippen molar-refractivity contribution in [2.45, 2.75) is 50.2 Å². The van der Waals surface area contributed by atoms with Crippen LogP contribution in [0.3, 0.4) is 0 Å². The number of aliphatic imine (C=N–C) groups is 1. The fraction of sp³-hybridized carbons (Fsp3) is 0.615. The van der Waals surface area contributed by atoms with Gasteiger partial charge in [-0.2, -0.15) is 0 Å². The molecule has 0 saturated carbocycles. The van der Waals surface area contributed by atoms with Crippen LogP contribution >= 0.6 is 0 Å². The standard InChI is InChI=1S/C26H36N4O3/c1-28(2)22-16-18(7-10-23(22)33-4)25(31)29-14-11-26(12-15-29)24-6-5-13-30(24)21-9-8-19(32-3)17-20(21)27-26/h6,9-10,16,18-19H,5,7-8,11-15,17H2,1-4H3. The molecule has 0 aromatic heterocycles. The van der Waals surface area contributed by atoms with E-state index in [0.717, 1.165) is 63.2 Å². The van der Waals surface area contributed by atoms with E-state index in [1.807, 2.05) is 25.1 Å². The van der Waals surface area contributed by atoms with E-state index in [-0.39, 0.29) is 23.5 Å². The number of ether oxygens (including phenoxy) is 2. The monoisotopic (exact) mass is 452 g/mol. The average Bonchev–Trinajstić information content (AvgIpc) is 3.35. The summed E-state index contributed by atoms with van der Waals surface area (Å²) in [5.41, 5.74) is 4.62. The Kier molecular flexibility index (Phi) is 5.85. The molecular weight excluding hydrogens is 416 g/mol. The second-order valence-electron chi connectivity index (χ2n) is 9.89. The number of likely N-dealkylation sites (N-methyl/N-ethyl adjacent to an activating group) is 1. The van der Waals surface area contributed by atoms with Crippen LogP contribution < -0.4 is 0 Å². The molecule has 0 aromatic rings. The van der Waals surface area contributed by atoms with E-state index in [2.05, 4.69) is 28.0 Å². The fourth-order valence-corrected chi connectivity index (χ4v) is 5.99. The van der Waals surface area contributed by atoms with Crippen molar-refractivity contribution in [3.8, 4) is 0 Å². The van der Waals surface area contributed by atoms with Gasteiger partial charge in [-0.15, -0.1) is 0 Å². The lowest BCUT2D eigenvalue weighted by Crippen LogP contribution is -2.53. The van der Waals surface area contributed by atoms with E-state index >= 15 is 0 Å². The molecule has 0 aromatic carbocycles. The van der Waals surface area contributed by atoms with Gasteiger partial charge in [-0.1, -0.05) is 12.2 Å². The van der Waals surface area contributed by atoms with Crippen LogP contribution in [0.25, 0.3) is 0 Å². The normalized spacial score (nSPS) is 28.2. The zero-order valence-corrected chi connectivity index (χ0v) is 20.3. The van der Waals surface area contributed by atoms with Crippen molar-refractivity contribution < 1.29 is 14.3 Å². The molecule has 1 saturated heterocycles. The highest BCUT2D eigenvalue weighted by Gasteiger charge is 2.47. The summed E-state index contributed by atoms with van der Waals surface area (Å²) in [7, 11) is 7.45. The molecule has 1 spiro atoms. The maximum atomic E-state index is 13.4. The number of allylic oxidation sites excluding steroid dienone is 2. The van der Waals surface area contributed by atoms with Gasteiger partial charge in [0.15, 0.2) is 0 Å². The largest absolute Gasteiger partial charge is 0.495 e. The number of methoxy groups -OCH3 is 2. The molecule has 2 unspecified atom stereocenters. The Morgan fingerprint density at radius 1 is 1.12 bits per heavy atom. The number of nitrogens with zero attached hydrogens (tertiary/aromatic N) is 4. The first-order valence-corrected chi connectivity index (χ1v) is 12.2. The third-order valence-electron chi connectivity index (χ3n) is 7.81. The molecule has 0 radical (unpaired) electrons. The maximum Gasteiger partial charge on any atom is 0.229 e. The summed E-state index contributed by atoms with van der Waals surface area (Å²) in [5, 5.41) is 0. The van der Waals surface area contributed by atoms with Crippen molar-refractivity contribution in [1.82, 2.24) is 14.7 Å². The Morgan fingerprint density at radius 2 is 1.91 bits per heavy atom. The Labute approximate surface area is 197 Å². The minimum absolute atomic E-state index is 0.134. The molecular formula is C26H36N4O3. The van der Waals surface area contributed by atoms with Gasteiger partial charge >= 0.3 is 0 Å². The van der Waals surface area contributed by atoms with E-state index in [9.17, 15) is 4.79 Å². The van der Waals surface area contributed by atoms with E-state index in [1.54, 1.807) is 14.2 Å². The number of carbonyl (C=O) groups is 1. The number of amides is 1. The second-order valence-corrected chi connectivity index (χ2v) is 9.89. The topological polar surface area (TPSA) is 57.6 Å². The van der Waals surface area contributed by atoms with Crippen molar-refractivity contribution in [2.75, 3.05) is 47.9 Å². The highest BCUT2D eigenvalue weighted by Crippen LogP contribution is 2.45. The third-order valence-corrected chi connectivity index (χ3v) is 7.81. The van der Waals surface area contributed by atoms with Crippen molar-refractivity contribution >= 4 is 11.6 Å². The van der Waals surface area contributed by atoms with Crippen molar-refractivity contribution in [1.29, 1.82) is 0 Å². The van der Waals surface area contributed by atoms with Crippen molar-refractivity contribution in [3.63, 3.8) is 0 Å². The molecule has 178 valence electrons. The van der Waals surface area contributed by atoms with E-state index < -0.39 is 0 Å². The molecule has 7 nitrogen and oxygen atoms in total. The summed E-state index contributed by atoms with van der Waals surface area (Å²) in [4.78, 5) is 25.4. The van der Waals surface area contributed by atoms with Gasteiger partial charge in [0.1, 0.15) is 11.3 Å². The third kappa shape index (κ3) is 3.80. The minimum Gasteiger partial charge on any atom is -0.495 e. The zero-order valence-electron chi connectivity index (χ0n) is 20.3. The summed E-state index contributed by atoms with van der Waals surface area (Å²) >= 11 is 0. The van der Waals surface area contributed by atoms with Gasteiger partial charge in [-0.05, 0) is 44.3 Å². The molecule has 5 rings (SSSR count). The van der Waals surface area contributed by atoms with Gasteiger partial charge in [0.05, 0.1) is 36.2 Å². The Bertz CT molecular complexity index is 966. The lowest BCUT2D eigenvalue weighted by atomic mass is 9.80. The summed E-state index contributed by atoms with van der Waals surface area (Å²) in [6.45, 7) is 2.53. The summed E-state index contributed by atoms with van der Waals surface area (Å²) in [5.74, 6) is 0.929. The lowest BCUT2D eigenvalue weighted by molar-refractivity contribution is -0.135. The van der Waals surface area contributed by atoms with Crippen LogP contribution in [-0.4, -0.2) is 85.9 Å². The smallest absolute Gasteiger partial charge is 0.229 e. The molecule has 1 amide bonds. The van der Waals surface area contributed by atoms with Gasteiger partial charge in [-0.25, -0.2) is 0 Å². The molecule has 3 heterocycles. The Morgan fingerprint density at radius 3 is 2.61 bits per heavy atom. The van der Waals surface area contributed by atoms with Gasteiger partial charge in [0.2, 0.25) is 5.91 Å². The molecule has 0 bridgehead atoms. The molecule has 1 fully saturated rings. The number of piperidine rings is 1. The van der Waals surface area contributed by atoms with Crippen LogP contribution in [-0.2, 0) is 14.3 Å². The highest BCUT2D eigenvalue weighted by molar-refractivity contribution is 6.02. The maximum absolute atomic E-state index is 13.4. The van der Waals surface area contributed by atoms with Crippen LogP contribution in [0.2, 0.25) is 0 Å². The zero-order chi connectivity index (χ0) is 23.2. The van der Waals surface area contributed by atoms with Crippen LogP contribution in [0.1, 0.15) is 38.5 Å². The van der Waals surface area contributed by atoms with Gasteiger partial charge < -0.3 is 24.2 Å². The predicted octanol–water partition coefficient (Wildman–Crippen LogP) is 3.08. The van der Waals surface area contributed by atoms with Crippen molar-refractivity contribution in [2.24, 2.45) is 10.9 Å². The number of hydrogen-bond donors (Lipinski definition) is 0. The van der Waals surface area contributed by atoms with Gasteiger partial charge in [-0.3, -0.25) is 9.79 Å². The first-order chi connectivity index (χ1) is 16.0. The number of fused-ring (bicyclic) bond motifs is 4. The number of hydrogen-bond acceptors (Lipinski definition) is 6. The molecule has 7 heteroatoms. The molecule has 0 N–H and O–H groups in total. The first-order valence-electron chi connectivity index (χ1n) is 12.2. The second kappa shape index (κ2) is 8.67. The minimum atomic E-state index is -0.199. The molecule has 2 atom stereocenters. The van der Waals surface area contributed by atoms with E-state index in [0.29, 0.717) is 6.42 Å².